The summed E-state index contributed by atoms with van der Waals surface area (Å²) in [6, 6.07) is 12.3. The lowest BCUT2D eigenvalue weighted by molar-refractivity contribution is -0.141. The number of nitrogens with zero attached hydrogens (tertiary/aromatic N) is 4. The van der Waals surface area contributed by atoms with Crippen molar-refractivity contribution in [2.45, 2.75) is 63.4 Å². The van der Waals surface area contributed by atoms with Crippen molar-refractivity contribution < 1.29 is 95.5 Å². The minimum Gasteiger partial charge on any atom is -0.481 e. The van der Waals surface area contributed by atoms with E-state index in [4.69, 9.17) is 19.5 Å². The number of hydrogen-bond acceptors (Lipinski definition) is 20. The Morgan fingerprint density at radius 3 is 2.33 bits per heavy atom. The molecule has 31 heteroatoms. The molecule has 0 saturated carbocycles. The van der Waals surface area contributed by atoms with E-state index in [1.54, 1.807) is 24.3 Å². The van der Waals surface area contributed by atoms with Crippen molar-refractivity contribution in [3.63, 3.8) is 0 Å². The molecule has 5 rings (SSSR count). The molecule has 3 heterocycles. The lowest BCUT2D eigenvalue weighted by atomic mass is 9.87. The van der Waals surface area contributed by atoms with Crippen molar-refractivity contribution >= 4 is 85.9 Å². The van der Waals surface area contributed by atoms with Crippen LogP contribution in [0.3, 0.4) is 0 Å². The number of nitrogens with one attached hydrogen (secondary N) is 2. The standard InChI is InChI=1S/C36H48N7O20P3S/c1-36(2,30(49)33(50)39-10-9-24(44)38-11-12-67-35(51)22(14-25(45)46)27(47)21-8-7-19-5-3-4-6-20(19)13-21)16-60-66(57,58)63-65(55,56)59-15-23-29(62-64(52,53)54)28(48)34(61-23)43-18-42-26-31(37)40-17-41-32(26)43/h3-8,13,17-18,22-23,27-30,34,47-49H,9-12,14-16H2,1-2H3,(H,38,44)(H,39,50)(H,45,46)(H,55,56)(H,57,58)(H2,37,40,41)(H2,52,53,54). The summed E-state index contributed by atoms with van der Waals surface area (Å²) in [5.41, 5.74) is 4.53. The summed E-state index contributed by atoms with van der Waals surface area (Å²) in [6.45, 7) is -0.0287. The Morgan fingerprint density at radius 1 is 0.955 bits per heavy atom. The number of hydrogen-bond donors (Lipinski definition) is 11. The smallest absolute Gasteiger partial charge is 0.481 e. The molecule has 0 radical (unpaired) electrons. The van der Waals surface area contributed by atoms with Gasteiger partial charge in [-0.1, -0.05) is 62.0 Å². The number of thioether (sulfide) groups is 1. The van der Waals surface area contributed by atoms with Gasteiger partial charge in [-0.15, -0.1) is 0 Å². The van der Waals surface area contributed by atoms with Crippen LogP contribution in [0.5, 0.6) is 0 Å². The van der Waals surface area contributed by atoms with E-state index < -0.39 is 114 Å². The van der Waals surface area contributed by atoms with Crippen molar-refractivity contribution in [2.24, 2.45) is 11.3 Å². The Kier molecular flexibility index (Phi) is 17.9. The number of rotatable bonds is 24. The number of anilines is 1. The number of carboxylic acids is 1. The first-order valence-corrected chi connectivity index (χ1v) is 25.2. The number of ether oxygens (including phenoxy) is 1. The molecular weight excluding hydrogens is 975 g/mol. The number of nitrogen functional groups attached to an aromatic ring is 1. The molecule has 2 amide bonds. The van der Waals surface area contributed by atoms with E-state index in [2.05, 4.69) is 34.4 Å². The topological polar surface area (TPSA) is 421 Å². The monoisotopic (exact) mass is 1020 g/mol. The van der Waals surface area contributed by atoms with Crippen LogP contribution in [0, 0.1) is 11.3 Å². The van der Waals surface area contributed by atoms with E-state index in [9.17, 15) is 72.9 Å². The lowest BCUT2D eigenvalue weighted by Gasteiger charge is -2.30. The summed E-state index contributed by atoms with van der Waals surface area (Å²) in [7, 11) is -16.5. The molecule has 2 aromatic carbocycles. The molecule has 0 aliphatic carbocycles. The number of carbonyl (C=O) groups is 4. The molecule has 27 nitrogen and oxygen atoms in total. The number of aliphatic carboxylic acids is 1. The number of carbonyl (C=O) groups excluding carboxylic acids is 3. The maximum Gasteiger partial charge on any atom is 0.481 e. The van der Waals surface area contributed by atoms with E-state index >= 15 is 0 Å². The third kappa shape index (κ3) is 14.8. The lowest BCUT2D eigenvalue weighted by Crippen LogP contribution is -2.46. The quantitative estimate of drug-likeness (QED) is 0.0339. The van der Waals surface area contributed by atoms with Crippen LogP contribution in [0.4, 0.5) is 5.82 Å². The molecule has 2 aromatic heterocycles. The summed E-state index contributed by atoms with van der Waals surface area (Å²) in [4.78, 5) is 101. The number of fused-ring (bicyclic) bond motifs is 2. The van der Waals surface area contributed by atoms with Crippen LogP contribution >= 0.6 is 35.2 Å². The van der Waals surface area contributed by atoms with Crippen molar-refractivity contribution in [1.29, 1.82) is 0 Å². The highest BCUT2D eigenvalue weighted by Crippen LogP contribution is 2.61. The van der Waals surface area contributed by atoms with Gasteiger partial charge in [0.25, 0.3) is 0 Å². The van der Waals surface area contributed by atoms with Crippen LogP contribution in [-0.4, -0.2) is 139 Å². The number of aliphatic hydroxyl groups excluding tert-OH is 3. The van der Waals surface area contributed by atoms with Crippen molar-refractivity contribution in [3.8, 4) is 0 Å². The molecule has 67 heavy (non-hydrogen) atoms. The molecule has 1 aliphatic rings. The van der Waals surface area contributed by atoms with Gasteiger partial charge in [0.2, 0.25) is 11.8 Å². The number of aliphatic hydroxyl groups is 3. The van der Waals surface area contributed by atoms with Crippen LogP contribution in [0.25, 0.3) is 21.9 Å². The Bertz CT molecular complexity index is 2580. The second kappa shape index (κ2) is 22.4. The van der Waals surface area contributed by atoms with Gasteiger partial charge in [0, 0.05) is 30.7 Å². The first-order valence-electron chi connectivity index (χ1n) is 19.7. The fourth-order valence-corrected chi connectivity index (χ4v) is 10.2. The predicted molar refractivity (Wildman–Crippen MR) is 232 cm³/mol. The molecule has 12 N–H and O–H groups in total. The summed E-state index contributed by atoms with van der Waals surface area (Å²) in [5.74, 6) is -4.24. The van der Waals surface area contributed by atoms with E-state index in [1.165, 1.54) is 13.8 Å². The number of amides is 2. The van der Waals surface area contributed by atoms with Gasteiger partial charge in [-0.05, 0) is 22.4 Å². The van der Waals surface area contributed by atoms with E-state index in [-0.39, 0.29) is 42.2 Å². The Labute approximate surface area is 383 Å². The van der Waals surface area contributed by atoms with Crippen molar-refractivity contribution in [1.82, 2.24) is 30.2 Å². The zero-order valence-corrected chi connectivity index (χ0v) is 38.8. The van der Waals surface area contributed by atoms with Crippen LogP contribution in [0.2, 0.25) is 0 Å². The summed E-state index contributed by atoms with van der Waals surface area (Å²) < 4.78 is 62.3. The number of phosphoric ester groups is 3. The van der Waals surface area contributed by atoms with Gasteiger partial charge in [0.15, 0.2) is 22.8 Å². The number of benzene rings is 2. The molecule has 1 fully saturated rings. The first kappa shape index (κ1) is 53.6. The number of aromatic nitrogens is 4. The zero-order valence-electron chi connectivity index (χ0n) is 35.3. The molecule has 1 saturated heterocycles. The maximum absolute atomic E-state index is 13.0. The SMILES string of the molecule is CC(C)(COP(=O)(O)OP(=O)(O)OCC1OC(n2cnc3c(N)ncnc32)C(O)C1OP(=O)(O)O)C(O)C(=O)NCCC(=O)NCCSC(=O)C(CC(=O)O)C(O)c1ccc2ccccc2c1. The fourth-order valence-electron chi connectivity index (χ4n) is 6.52. The van der Waals surface area contributed by atoms with Crippen molar-refractivity contribution in [3.05, 3.63) is 60.7 Å². The van der Waals surface area contributed by atoms with Gasteiger partial charge >= 0.3 is 29.4 Å². The van der Waals surface area contributed by atoms with Crippen molar-refractivity contribution in [2.75, 3.05) is 37.8 Å². The molecule has 9 unspecified atom stereocenters. The molecule has 9 atom stereocenters. The Balaban J connectivity index is 1.04. The van der Waals surface area contributed by atoms with Gasteiger partial charge in [0.05, 0.1) is 38.0 Å². The number of imidazole rings is 1. The third-order valence-corrected chi connectivity index (χ3v) is 14.0. The summed E-state index contributed by atoms with van der Waals surface area (Å²) in [5, 5.41) is 47.9. The molecule has 0 bridgehead atoms. The molecule has 0 spiro atoms. The number of phosphoric acid groups is 3. The Morgan fingerprint density at radius 2 is 1.64 bits per heavy atom. The molecular formula is C36H48N7O20P3S. The Hall–Kier alpha value is -4.31. The zero-order chi connectivity index (χ0) is 49.5. The summed E-state index contributed by atoms with van der Waals surface area (Å²) in [6.07, 6.45) is -9.31. The van der Waals surface area contributed by atoms with E-state index in [0.29, 0.717) is 5.56 Å². The molecule has 368 valence electrons. The maximum atomic E-state index is 13.0. The van der Waals surface area contributed by atoms with Gasteiger partial charge in [0.1, 0.15) is 36.3 Å². The van der Waals surface area contributed by atoms with Crippen LogP contribution in [0.1, 0.15) is 44.6 Å². The van der Waals surface area contributed by atoms with Crippen LogP contribution < -0.4 is 16.4 Å². The highest BCUT2D eigenvalue weighted by molar-refractivity contribution is 8.13. The van der Waals surface area contributed by atoms with E-state index in [0.717, 1.165) is 39.8 Å². The molecule has 1 aliphatic heterocycles. The van der Waals surface area contributed by atoms with Gasteiger partial charge in [-0.25, -0.2) is 28.6 Å². The van der Waals surface area contributed by atoms with Gasteiger partial charge in [-0.3, -0.25) is 37.3 Å². The fraction of sp³-hybridized carbons (Fsp3) is 0.472. The third-order valence-electron chi connectivity index (χ3n) is 9.94. The highest BCUT2D eigenvalue weighted by Gasteiger charge is 2.50. The average molecular weight is 1020 g/mol. The average Bonchev–Trinajstić information content (AvgIpc) is 3.81. The largest absolute Gasteiger partial charge is 0.481 e. The molecule has 4 aromatic rings. The highest BCUT2D eigenvalue weighted by atomic mass is 32.2. The minimum absolute atomic E-state index is 0.0119. The number of carboxylic acid groups (broad SMARTS) is 1. The van der Waals surface area contributed by atoms with Crippen LogP contribution in [0.15, 0.2) is 55.1 Å². The number of nitrogens with two attached hydrogens (primary N) is 1. The minimum atomic E-state index is -5.62. The summed E-state index contributed by atoms with van der Waals surface area (Å²) >= 11 is 0.724. The second-order valence-corrected chi connectivity index (χ2v) is 20.8. The van der Waals surface area contributed by atoms with Gasteiger partial charge < -0.3 is 61.1 Å². The van der Waals surface area contributed by atoms with Crippen LogP contribution in [-0.2, 0) is 55.5 Å². The van der Waals surface area contributed by atoms with E-state index in [1.807, 2.05) is 18.2 Å². The first-order chi connectivity index (χ1) is 31.3. The van der Waals surface area contributed by atoms with Gasteiger partial charge in [-0.2, -0.15) is 4.31 Å². The predicted octanol–water partition coefficient (Wildman–Crippen LogP) is 0.642. The normalized spacial score (nSPS) is 21.0. The second-order valence-electron chi connectivity index (χ2n) is 15.5.